The van der Waals surface area contributed by atoms with Crippen LogP contribution in [0.5, 0.6) is 0 Å². The smallest absolute Gasteiger partial charge is 0.338 e. The molecular formula is C24H21NO4. The molecule has 5 nitrogen and oxygen atoms in total. The minimum absolute atomic E-state index is 0.160. The molecule has 1 N–H and O–H groups in total. The second kappa shape index (κ2) is 9.46. The van der Waals surface area contributed by atoms with Gasteiger partial charge in [-0.15, -0.1) is 0 Å². The van der Waals surface area contributed by atoms with E-state index in [-0.39, 0.29) is 5.78 Å². The van der Waals surface area contributed by atoms with E-state index in [9.17, 15) is 14.4 Å². The summed E-state index contributed by atoms with van der Waals surface area (Å²) in [4.78, 5) is 36.4. The zero-order chi connectivity index (χ0) is 20.6. The number of ether oxygens (including phenoxy) is 1. The number of para-hydroxylation sites is 1. The van der Waals surface area contributed by atoms with Gasteiger partial charge in [0.15, 0.2) is 12.4 Å². The second-order valence-electron chi connectivity index (χ2n) is 6.55. The number of amides is 1. The van der Waals surface area contributed by atoms with Gasteiger partial charge in [-0.1, -0.05) is 60.7 Å². The van der Waals surface area contributed by atoms with E-state index in [0.29, 0.717) is 23.2 Å². The first-order chi connectivity index (χ1) is 14.0. The third kappa shape index (κ3) is 5.39. The number of rotatable bonds is 7. The summed E-state index contributed by atoms with van der Waals surface area (Å²) in [6.45, 7) is 0.986. The fraction of sp³-hybridized carbons (Fsp3) is 0.125. The summed E-state index contributed by atoms with van der Waals surface area (Å²) in [7, 11) is 0. The number of nitrogens with one attached hydrogen (secondary N) is 1. The maximum Gasteiger partial charge on any atom is 0.338 e. The van der Waals surface area contributed by atoms with Crippen LogP contribution in [0.2, 0.25) is 0 Å². The van der Waals surface area contributed by atoms with Crippen molar-refractivity contribution in [3.8, 4) is 0 Å². The quantitative estimate of drug-likeness (QED) is 0.485. The van der Waals surface area contributed by atoms with E-state index in [1.807, 2.05) is 42.5 Å². The minimum atomic E-state index is -0.563. The van der Waals surface area contributed by atoms with Crippen molar-refractivity contribution in [2.24, 2.45) is 0 Å². The molecule has 0 heterocycles. The van der Waals surface area contributed by atoms with Crippen molar-refractivity contribution in [1.29, 1.82) is 0 Å². The summed E-state index contributed by atoms with van der Waals surface area (Å²) < 4.78 is 5.20. The zero-order valence-corrected chi connectivity index (χ0v) is 16.1. The Bertz CT molecular complexity index is 1030. The highest BCUT2D eigenvalue weighted by molar-refractivity contribution is 6.04. The van der Waals surface area contributed by atoms with Gasteiger partial charge < -0.3 is 10.1 Å². The Kier molecular flexibility index (Phi) is 6.53. The van der Waals surface area contributed by atoms with Gasteiger partial charge >= 0.3 is 5.97 Å². The van der Waals surface area contributed by atoms with Gasteiger partial charge in [-0.25, -0.2) is 4.79 Å². The molecular weight excluding hydrogens is 366 g/mol. The number of hydrogen-bond acceptors (Lipinski definition) is 4. The fourth-order valence-electron chi connectivity index (χ4n) is 2.98. The molecule has 0 aliphatic rings. The van der Waals surface area contributed by atoms with Crippen molar-refractivity contribution >= 4 is 23.3 Å². The van der Waals surface area contributed by atoms with Crippen LogP contribution in [0, 0.1) is 0 Å². The van der Waals surface area contributed by atoms with Crippen LogP contribution in [0.3, 0.4) is 0 Å². The van der Waals surface area contributed by atoms with Crippen molar-refractivity contribution in [1.82, 2.24) is 0 Å². The normalized spacial score (nSPS) is 10.2. The van der Waals surface area contributed by atoms with Gasteiger partial charge in [0.25, 0.3) is 5.91 Å². The summed E-state index contributed by atoms with van der Waals surface area (Å²) >= 11 is 0. The van der Waals surface area contributed by atoms with Crippen molar-refractivity contribution in [3.63, 3.8) is 0 Å². The summed E-state index contributed by atoms with van der Waals surface area (Å²) in [6.07, 6.45) is 0.588. The van der Waals surface area contributed by atoms with Crippen molar-refractivity contribution in [3.05, 3.63) is 101 Å². The molecule has 146 valence electrons. The van der Waals surface area contributed by atoms with E-state index >= 15 is 0 Å². The van der Waals surface area contributed by atoms with Crippen LogP contribution in [0.1, 0.15) is 38.8 Å². The molecule has 0 radical (unpaired) electrons. The molecule has 29 heavy (non-hydrogen) atoms. The Morgan fingerprint density at radius 2 is 1.41 bits per heavy atom. The van der Waals surface area contributed by atoms with Gasteiger partial charge in [-0.05, 0) is 42.7 Å². The third-order valence-corrected chi connectivity index (χ3v) is 4.39. The van der Waals surface area contributed by atoms with E-state index < -0.39 is 18.5 Å². The maximum absolute atomic E-state index is 12.5. The highest BCUT2D eigenvalue weighted by Gasteiger charge is 2.15. The van der Waals surface area contributed by atoms with Crippen LogP contribution in [0.4, 0.5) is 5.69 Å². The van der Waals surface area contributed by atoms with Gasteiger partial charge in [-0.2, -0.15) is 0 Å². The maximum atomic E-state index is 12.5. The summed E-state index contributed by atoms with van der Waals surface area (Å²) in [6, 6.07) is 23.7. The number of esters is 1. The Hall–Kier alpha value is -3.73. The minimum Gasteiger partial charge on any atom is -0.452 e. The fourth-order valence-corrected chi connectivity index (χ4v) is 2.98. The lowest BCUT2D eigenvalue weighted by molar-refractivity contribution is -0.119. The van der Waals surface area contributed by atoms with Crippen LogP contribution in [0.15, 0.2) is 78.9 Å². The molecule has 1 amide bonds. The number of ketones is 1. The molecule has 0 atom stereocenters. The van der Waals surface area contributed by atoms with Crippen LogP contribution >= 0.6 is 0 Å². The van der Waals surface area contributed by atoms with E-state index in [2.05, 4.69) is 5.32 Å². The molecule has 5 heteroatoms. The lowest BCUT2D eigenvalue weighted by Gasteiger charge is -2.11. The lowest BCUT2D eigenvalue weighted by Crippen LogP contribution is -2.22. The van der Waals surface area contributed by atoms with Crippen molar-refractivity contribution in [2.45, 2.75) is 13.3 Å². The monoisotopic (exact) mass is 387 g/mol. The molecule has 0 aromatic heterocycles. The topological polar surface area (TPSA) is 72.5 Å². The highest BCUT2D eigenvalue weighted by atomic mass is 16.5. The summed E-state index contributed by atoms with van der Waals surface area (Å²) in [5.41, 5.74) is 3.12. The number of benzene rings is 3. The third-order valence-electron chi connectivity index (χ3n) is 4.39. The predicted octanol–water partition coefficient (Wildman–Crippen LogP) is 4.28. The standard InChI is InChI=1S/C24H21NO4/c1-17(26)20-12-7-8-14-22(20)25-23(27)16-29-24(28)21-13-6-5-11-19(21)15-18-9-3-2-4-10-18/h2-14H,15-16H2,1H3,(H,25,27). The molecule has 0 spiro atoms. The zero-order valence-electron chi connectivity index (χ0n) is 16.1. The van der Waals surface area contributed by atoms with E-state index in [1.54, 1.807) is 36.4 Å². The molecule has 0 fully saturated rings. The summed E-state index contributed by atoms with van der Waals surface area (Å²) in [5.74, 6) is -1.23. The predicted molar refractivity (Wildman–Crippen MR) is 111 cm³/mol. The van der Waals surface area contributed by atoms with Gasteiger partial charge in [0.05, 0.1) is 11.3 Å². The molecule has 0 saturated heterocycles. The molecule has 3 aromatic rings. The van der Waals surface area contributed by atoms with E-state index in [1.165, 1.54) is 6.92 Å². The molecule has 0 aliphatic carbocycles. The average molecular weight is 387 g/mol. The van der Waals surface area contributed by atoms with E-state index in [0.717, 1.165) is 11.1 Å². The number of hydrogen-bond donors (Lipinski definition) is 1. The Balaban J connectivity index is 1.64. The van der Waals surface area contributed by atoms with Gasteiger partial charge in [0.1, 0.15) is 0 Å². The van der Waals surface area contributed by atoms with Crippen molar-refractivity contribution < 1.29 is 19.1 Å². The Morgan fingerprint density at radius 3 is 2.14 bits per heavy atom. The molecule has 3 rings (SSSR count). The van der Waals surface area contributed by atoms with Crippen LogP contribution in [-0.4, -0.2) is 24.3 Å². The number of anilines is 1. The molecule has 0 aliphatic heterocycles. The summed E-state index contributed by atoms with van der Waals surface area (Å²) in [5, 5.41) is 2.62. The second-order valence-corrected chi connectivity index (χ2v) is 6.55. The highest BCUT2D eigenvalue weighted by Crippen LogP contribution is 2.17. The van der Waals surface area contributed by atoms with Crippen molar-refractivity contribution in [2.75, 3.05) is 11.9 Å². The van der Waals surface area contributed by atoms with Crippen LogP contribution < -0.4 is 5.32 Å². The van der Waals surface area contributed by atoms with Crippen LogP contribution in [-0.2, 0) is 16.0 Å². The lowest BCUT2D eigenvalue weighted by atomic mass is 10.00. The molecule has 0 unspecified atom stereocenters. The first kappa shape index (κ1) is 20.0. The average Bonchev–Trinajstić information content (AvgIpc) is 2.73. The van der Waals surface area contributed by atoms with Gasteiger partial charge in [-0.3, -0.25) is 9.59 Å². The van der Waals surface area contributed by atoms with Gasteiger partial charge in [0.2, 0.25) is 0 Å². The Morgan fingerprint density at radius 1 is 0.793 bits per heavy atom. The SMILES string of the molecule is CC(=O)c1ccccc1NC(=O)COC(=O)c1ccccc1Cc1ccccc1. The first-order valence-electron chi connectivity index (χ1n) is 9.23. The Labute approximate surface area is 169 Å². The largest absolute Gasteiger partial charge is 0.452 e. The van der Waals surface area contributed by atoms with Gasteiger partial charge in [0, 0.05) is 5.56 Å². The molecule has 0 bridgehead atoms. The molecule has 3 aromatic carbocycles. The number of carbonyl (C=O) groups is 3. The number of Topliss-reactive ketones (excluding diaryl/α,β-unsaturated/α-hetero) is 1. The van der Waals surface area contributed by atoms with Crippen LogP contribution in [0.25, 0.3) is 0 Å². The first-order valence-corrected chi connectivity index (χ1v) is 9.23. The van der Waals surface area contributed by atoms with E-state index in [4.69, 9.17) is 4.74 Å². The molecule has 0 saturated carbocycles. The number of carbonyl (C=O) groups excluding carboxylic acids is 3.